The highest BCUT2D eigenvalue weighted by atomic mass is 35.5. The van der Waals surface area contributed by atoms with Crippen LogP contribution in [0.2, 0.25) is 0 Å². The number of furan rings is 1. The van der Waals surface area contributed by atoms with Gasteiger partial charge in [0.15, 0.2) is 0 Å². The second kappa shape index (κ2) is 11.7. The van der Waals surface area contributed by atoms with Gasteiger partial charge in [-0.25, -0.2) is 0 Å². The molecule has 3 aromatic rings. The van der Waals surface area contributed by atoms with Crippen molar-refractivity contribution >= 4 is 46.2 Å². The van der Waals surface area contributed by atoms with Crippen LogP contribution in [0.5, 0.6) is 0 Å². The van der Waals surface area contributed by atoms with Gasteiger partial charge in [-0.15, -0.1) is 12.4 Å². The van der Waals surface area contributed by atoms with Crippen LogP contribution in [0.4, 0.5) is 0 Å². The van der Waals surface area contributed by atoms with Gasteiger partial charge < -0.3 is 19.7 Å². The molecule has 3 heterocycles. The summed E-state index contributed by atoms with van der Waals surface area (Å²) in [5.41, 5.74) is 1.38. The Bertz CT molecular complexity index is 1360. The molecule has 2 aromatic carbocycles. The van der Waals surface area contributed by atoms with Crippen LogP contribution in [-0.2, 0) is 16.1 Å². The van der Waals surface area contributed by atoms with Crippen molar-refractivity contribution in [1.82, 2.24) is 15.1 Å². The number of piperazine rings is 1. The Morgan fingerprint density at radius 3 is 2.45 bits per heavy atom. The first kappa shape index (κ1) is 28.9. The van der Waals surface area contributed by atoms with Crippen molar-refractivity contribution in [2.24, 2.45) is 0 Å². The minimum Gasteiger partial charge on any atom is -0.456 e. The molecule has 1 spiro atoms. The Balaban J connectivity index is 0.00000323. The van der Waals surface area contributed by atoms with Crippen LogP contribution in [0.3, 0.4) is 0 Å². The van der Waals surface area contributed by atoms with Crippen LogP contribution in [0.15, 0.2) is 46.9 Å². The van der Waals surface area contributed by atoms with Gasteiger partial charge in [-0.1, -0.05) is 56.9 Å². The fourth-order valence-corrected chi connectivity index (χ4v) is 7.16. The summed E-state index contributed by atoms with van der Waals surface area (Å²) >= 11 is 0. The molecule has 40 heavy (non-hydrogen) atoms. The van der Waals surface area contributed by atoms with E-state index in [2.05, 4.69) is 41.4 Å². The van der Waals surface area contributed by atoms with Crippen LogP contribution in [-0.4, -0.2) is 63.5 Å². The smallest absolute Gasteiger partial charge is 0.246 e. The summed E-state index contributed by atoms with van der Waals surface area (Å²) < 4.78 is 5.99. The summed E-state index contributed by atoms with van der Waals surface area (Å²) in [5.74, 6) is -0.0404. The second-order valence-electron chi connectivity index (χ2n) is 12.1. The van der Waals surface area contributed by atoms with Crippen molar-refractivity contribution in [1.29, 1.82) is 0 Å². The Morgan fingerprint density at radius 2 is 1.70 bits per heavy atom. The Kier molecular flexibility index (Phi) is 8.46. The number of piperidine rings is 1. The summed E-state index contributed by atoms with van der Waals surface area (Å²) in [6.45, 7) is 5.02. The van der Waals surface area contributed by atoms with Crippen LogP contribution >= 0.6 is 12.4 Å². The summed E-state index contributed by atoms with van der Waals surface area (Å²) in [6.07, 6.45) is 7.93. The van der Waals surface area contributed by atoms with E-state index < -0.39 is 17.2 Å². The lowest BCUT2D eigenvalue weighted by molar-refractivity contribution is -0.163. The average molecular weight is 568 g/mol. The fraction of sp³-hybridized carbons (Fsp3) is 0.562. The third-order valence-electron chi connectivity index (χ3n) is 9.44. The number of halogens is 1. The van der Waals surface area contributed by atoms with Gasteiger partial charge in [0.1, 0.15) is 22.7 Å². The molecular formula is C32H42ClN3O4. The van der Waals surface area contributed by atoms with E-state index in [0.29, 0.717) is 38.6 Å². The molecule has 1 aliphatic carbocycles. The van der Waals surface area contributed by atoms with Crippen molar-refractivity contribution in [3.05, 3.63) is 48.0 Å². The van der Waals surface area contributed by atoms with Crippen LogP contribution in [0.25, 0.3) is 21.9 Å². The van der Waals surface area contributed by atoms with Gasteiger partial charge in [-0.05, 0) is 55.9 Å². The number of aliphatic hydroxyl groups is 1. The number of hydrogen-bond acceptors (Lipinski definition) is 5. The molecule has 3 aliphatic rings. The highest BCUT2D eigenvalue weighted by molar-refractivity contribution is 6.05. The molecule has 8 heteroatoms. The molecule has 216 valence electrons. The van der Waals surface area contributed by atoms with E-state index in [9.17, 15) is 14.7 Å². The molecule has 7 nitrogen and oxygen atoms in total. The summed E-state index contributed by atoms with van der Waals surface area (Å²) in [7, 11) is 0. The molecule has 2 N–H and O–H groups in total. The van der Waals surface area contributed by atoms with Crippen molar-refractivity contribution < 1.29 is 19.1 Å². The minimum absolute atomic E-state index is 0. The molecule has 2 amide bonds. The maximum Gasteiger partial charge on any atom is 0.246 e. The molecule has 0 radical (unpaired) electrons. The molecule has 3 fully saturated rings. The number of rotatable bonds is 7. The SMILES string of the molecule is CCCCN1C(=O)[C@@H](CC2(O)CCCCC2)NC(=O)C12CCN(Cc1ccc3oc4ccccc4c3c1)CC2.Cl. The first-order chi connectivity index (χ1) is 18.9. The molecule has 2 aliphatic heterocycles. The molecule has 1 saturated carbocycles. The number of likely N-dealkylation sites (tertiary alicyclic amines) is 1. The van der Waals surface area contributed by atoms with Gasteiger partial charge in [0.25, 0.3) is 0 Å². The normalized spacial score (nSPS) is 22.9. The van der Waals surface area contributed by atoms with Crippen molar-refractivity contribution in [3.63, 3.8) is 0 Å². The van der Waals surface area contributed by atoms with Crippen molar-refractivity contribution in [3.8, 4) is 0 Å². The van der Waals surface area contributed by atoms with E-state index in [1.165, 1.54) is 5.56 Å². The lowest BCUT2D eigenvalue weighted by atomic mass is 9.77. The molecule has 0 unspecified atom stereocenters. The van der Waals surface area contributed by atoms with Crippen LogP contribution < -0.4 is 5.32 Å². The van der Waals surface area contributed by atoms with E-state index in [1.54, 1.807) is 0 Å². The maximum absolute atomic E-state index is 13.8. The van der Waals surface area contributed by atoms with Gasteiger partial charge in [-0.3, -0.25) is 14.5 Å². The van der Waals surface area contributed by atoms with Crippen molar-refractivity contribution in [2.45, 2.75) is 94.9 Å². The van der Waals surface area contributed by atoms with Gasteiger partial charge in [0.2, 0.25) is 11.8 Å². The number of carbonyl (C=O) groups excluding carboxylic acids is 2. The molecule has 1 aromatic heterocycles. The number of benzene rings is 2. The predicted octanol–water partition coefficient (Wildman–Crippen LogP) is 5.55. The molecule has 2 saturated heterocycles. The Labute approximate surface area is 242 Å². The number of nitrogens with one attached hydrogen (secondary N) is 1. The highest BCUT2D eigenvalue weighted by Crippen LogP contribution is 2.38. The lowest BCUT2D eigenvalue weighted by Gasteiger charge is -2.52. The average Bonchev–Trinajstić information content (AvgIpc) is 3.31. The molecule has 1 atom stereocenters. The van der Waals surface area contributed by atoms with E-state index in [-0.39, 0.29) is 24.2 Å². The zero-order chi connectivity index (χ0) is 27.0. The van der Waals surface area contributed by atoms with Gasteiger partial charge >= 0.3 is 0 Å². The standard InChI is InChI=1S/C32H41N3O4.ClH/c1-2-3-17-35-29(36)26(21-31(38)13-7-4-8-14-31)33-30(37)32(35)15-18-34(19-16-32)22-23-11-12-28-25(20-23)24-9-5-6-10-27(24)39-28;/h5-6,9-12,20,26,38H,2-4,7-8,13-19,21-22H2,1H3,(H,33,37);1H/t26-;/m1./s1. The quantitative estimate of drug-likeness (QED) is 0.391. The Morgan fingerprint density at radius 1 is 0.975 bits per heavy atom. The predicted molar refractivity (Wildman–Crippen MR) is 159 cm³/mol. The summed E-state index contributed by atoms with van der Waals surface area (Å²) in [4.78, 5) is 31.8. The third-order valence-corrected chi connectivity index (χ3v) is 9.44. The number of carbonyl (C=O) groups is 2. The van der Waals surface area contributed by atoms with Gasteiger partial charge in [0, 0.05) is 43.4 Å². The van der Waals surface area contributed by atoms with E-state index in [1.807, 2.05) is 23.1 Å². The highest BCUT2D eigenvalue weighted by Gasteiger charge is 2.54. The first-order valence-electron chi connectivity index (χ1n) is 14.9. The largest absolute Gasteiger partial charge is 0.456 e. The number of para-hydroxylation sites is 1. The van der Waals surface area contributed by atoms with Gasteiger partial charge in [0.05, 0.1) is 5.60 Å². The number of hydrogen-bond donors (Lipinski definition) is 2. The number of nitrogens with zero attached hydrogens (tertiary/aromatic N) is 2. The minimum atomic E-state index is -0.850. The van der Waals surface area contributed by atoms with E-state index >= 15 is 0 Å². The molecular weight excluding hydrogens is 526 g/mol. The topological polar surface area (TPSA) is 86.0 Å². The number of fused-ring (bicyclic) bond motifs is 3. The second-order valence-corrected chi connectivity index (χ2v) is 12.1. The third kappa shape index (κ3) is 5.36. The summed E-state index contributed by atoms with van der Waals surface area (Å²) in [6, 6.07) is 13.9. The zero-order valence-electron chi connectivity index (χ0n) is 23.5. The lowest BCUT2D eigenvalue weighted by Crippen LogP contribution is -2.73. The van der Waals surface area contributed by atoms with Crippen molar-refractivity contribution in [2.75, 3.05) is 19.6 Å². The van der Waals surface area contributed by atoms with Crippen LogP contribution in [0.1, 0.15) is 76.7 Å². The van der Waals surface area contributed by atoms with Crippen LogP contribution in [0, 0.1) is 0 Å². The zero-order valence-corrected chi connectivity index (χ0v) is 24.3. The fourth-order valence-electron chi connectivity index (χ4n) is 7.16. The Hall–Kier alpha value is -2.61. The first-order valence-corrected chi connectivity index (χ1v) is 14.9. The molecule has 0 bridgehead atoms. The monoisotopic (exact) mass is 567 g/mol. The molecule has 6 rings (SSSR count). The number of amides is 2. The summed E-state index contributed by atoms with van der Waals surface area (Å²) in [5, 5.41) is 16.5. The maximum atomic E-state index is 13.8. The van der Waals surface area contributed by atoms with Gasteiger partial charge in [-0.2, -0.15) is 0 Å². The van der Waals surface area contributed by atoms with E-state index in [4.69, 9.17) is 4.42 Å². The number of unbranched alkanes of at least 4 members (excludes halogenated alkanes) is 1. The van der Waals surface area contributed by atoms with E-state index in [0.717, 1.165) is 73.7 Å².